The number of piperidine rings is 2. The van der Waals surface area contributed by atoms with Crippen LogP contribution in [0, 0.1) is 19.3 Å². The van der Waals surface area contributed by atoms with E-state index in [9.17, 15) is 13.2 Å². The predicted molar refractivity (Wildman–Crippen MR) is 178 cm³/mol. The lowest BCUT2D eigenvalue weighted by atomic mass is 9.71. The number of carbonyl (C=O) groups excluding carboxylic acids is 1. The Morgan fingerprint density at radius 3 is 2.28 bits per heavy atom. The zero-order chi connectivity index (χ0) is 32.6. The molecule has 244 valence electrons. The van der Waals surface area contributed by atoms with Gasteiger partial charge in [-0.25, -0.2) is 13.4 Å². The van der Waals surface area contributed by atoms with Gasteiger partial charge in [0.15, 0.2) is 0 Å². The molecule has 2 aliphatic heterocycles. The van der Waals surface area contributed by atoms with E-state index in [0.717, 1.165) is 58.4 Å². The minimum atomic E-state index is -3.85. The summed E-state index contributed by atoms with van der Waals surface area (Å²) < 4.78 is 34.2. The molecule has 1 amide bonds. The van der Waals surface area contributed by atoms with Crippen LogP contribution >= 0.6 is 0 Å². The number of amides is 1. The van der Waals surface area contributed by atoms with E-state index in [1.807, 2.05) is 35.5 Å². The third-order valence-corrected chi connectivity index (χ3v) is 12.4. The topological polar surface area (TPSA) is 112 Å². The number of likely N-dealkylation sites (tertiary alicyclic amines) is 2. The molecule has 0 aliphatic carbocycles. The number of methoxy groups -OCH3 is 1. The van der Waals surface area contributed by atoms with Gasteiger partial charge >= 0.3 is 0 Å². The summed E-state index contributed by atoms with van der Waals surface area (Å²) in [6.07, 6.45) is 8.03. The molecule has 11 heteroatoms. The first-order valence-corrected chi connectivity index (χ1v) is 17.5. The fraction of sp³-hybridized carbons (Fsp3) is 0.457. The molecule has 2 aliphatic rings. The molecule has 0 bridgehead atoms. The van der Waals surface area contributed by atoms with Crippen molar-refractivity contribution in [2.24, 2.45) is 5.41 Å². The molecule has 2 fully saturated rings. The van der Waals surface area contributed by atoms with Crippen LogP contribution in [0.5, 0.6) is 5.75 Å². The number of sulfonamides is 1. The number of nitrogens with one attached hydrogen (secondary N) is 1. The molecule has 46 heavy (non-hydrogen) atoms. The fourth-order valence-electron chi connectivity index (χ4n) is 7.17. The van der Waals surface area contributed by atoms with Crippen LogP contribution in [-0.2, 0) is 16.6 Å². The summed E-state index contributed by atoms with van der Waals surface area (Å²) in [4.78, 5) is 30.9. The van der Waals surface area contributed by atoms with Gasteiger partial charge in [0.1, 0.15) is 17.1 Å². The van der Waals surface area contributed by atoms with Gasteiger partial charge < -0.3 is 14.6 Å². The van der Waals surface area contributed by atoms with Crippen molar-refractivity contribution in [1.82, 2.24) is 29.1 Å². The van der Waals surface area contributed by atoms with Gasteiger partial charge in [0, 0.05) is 39.1 Å². The molecule has 4 heterocycles. The lowest BCUT2D eigenvalue weighted by Crippen LogP contribution is -2.48. The summed E-state index contributed by atoms with van der Waals surface area (Å²) in [5.74, 6) is 1.08. The van der Waals surface area contributed by atoms with Crippen LogP contribution in [0.15, 0.2) is 59.8 Å². The number of hydrogen-bond donors (Lipinski definition) is 1. The average molecular weight is 645 g/mol. The van der Waals surface area contributed by atoms with Gasteiger partial charge in [-0.05, 0) is 118 Å². The Morgan fingerprint density at radius 1 is 1.02 bits per heavy atom. The number of carbonyl (C=O) groups is 1. The number of H-pyrrole nitrogens is 1. The number of hydrogen-bond acceptors (Lipinski definition) is 7. The number of ether oxygens (including phenoxy) is 1. The van der Waals surface area contributed by atoms with Crippen molar-refractivity contribution in [2.45, 2.75) is 63.9 Å². The van der Waals surface area contributed by atoms with Crippen molar-refractivity contribution >= 4 is 27.0 Å². The number of pyridine rings is 1. The second-order valence-corrected chi connectivity index (χ2v) is 15.0. The molecule has 6 rings (SSSR count). The first kappa shape index (κ1) is 32.2. The zero-order valence-corrected chi connectivity index (χ0v) is 28.2. The summed E-state index contributed by atoms with van der Waals surface area (Å²) in [5, 5.41) is 0. The molecule has 4 aromatic rings. The molecule has 2 aromatic carbocycles. The van der Waals surface area contributed by atoms with Gasteiger partial charge in [0.2, 0.25) is 10.0 Å². The van der Waals surface area contributed by atoms with Crippen LogP contribution in [0.2, 0.25) is 0 Å². The molecule has 10 nitrogen and oxygen atoms in total. The van der Waals surface area contributed by atoms with Crippen molar-refractivity contribution in [3.63, 3.8) is 0 Å². The number of aromatic amines is 1. The smallest absolute Gasteiger partial charge is 0.256 e. The molecule has 2 aromatic heterocycles. The Bertz CT molecular complexity index is 1800. The highest BCUT2D eigenvalue weighted by atomic mass is 32.2. The molecule has 0 radical (unpaired) electrons. The van der Waals surface area contributed by atoms with Crippen molar-refractivity contribution < 1.29 is 17.9 Å². The van der Waals surface area contributed by atoms with Crippen LogP contribution in [0.1, 0.15) is 71.5 Å². The molecule has 1 N–H and O–H groups in total. The Morgan fingerprint density at radius 2 is 1.65 bits per heavy atom. The van der Waals surface area contributed by atoms with Crippen molar-refractivity contribution in [3.05, 3.63) is 82.9 Å². The Labute approximate surface area is 271 Å². The number of aryl methyl sites for hydroxylation is 2. The van der Waals surface area contributed by atoms with Gasteiger partial charge in [-0.1, -0.05) is 6.07 Å². The normalized spacial score (nSPS) is 17.9. The molecule has 1 spiro atoms. The first-order valence-electron chi connectivity index (χ1n) is 16.0. The van der Waals surface area contributed by atoms with E-state index in [4.69, 9.17) is 9.72 Å². The van der Waals surface area contributed by atoms with Crippen molar-refractivity contribution in [1.29, 1.82) is 0 Å². The first-order chi connectivity index (χ1) is 22.0. The standard InChI is InChI=1S/C35H44N6O4S/c1-24-21-28(45-5)22-25(2)32(24)46(43,44)39(4)26(3)33-37-30-8-6-7-29(31(30)38-33)34(42)41-19-13-35(14-20-41)11-17-40(18-12-35)23-27-9-15-36-16-10-27/h6-10,15-16,21-22,26H,11-14,17-20,23H2,1-5H3,(H,37,38). The van der Waals surface area contributed by atoms with Crippen LogP contribution in [0.4, 0.5) is 0 Å². The van der Waals surface area contributed by atoms with Crippen molar-refractivity contribution in [2.75, 3.05) is 40.3 Å². The highest BCUT2D eigenvalue weighted by Gasteiger charge is 2.39. The van der Waals surface area contributed by atoms with E-state index in [1.165, 1.54) is 9.87 Å². The molecular formula is C35H44N6O4S. The maximum atomic E-state index is 13.9. The van der Waals surface area contributed by atoms with E-state index in [0.29, 0.717) is 44.7 Å². The van der Waals surface area contributed by atoms with E-state index in [-0.39, 0.29) is 10.8 Å². The van der Waals surface area contributed by atoms with Crippen LogP contribution in [0.25, 0.3) is 11.0 Å². The summed E-state index contributed by atoms with van der Waals surface area (Å²) in [7, 11) is -0.721. The number of imidazole rings is 1. The largest absolute Gasteiger partial charge is 0.497 e. The zero-order valence-electron chi connectivity index (χ0n) is 27.4. The lowest BCUT2D eigenvalue weighted by molar-refractivity contribution is 0.0286. The Balaban J connectivity index is 1.14. The number of fused-ring (bicyclic) bond motifs is 1. The minimum Gasteiger partial charge on any atom is -0.497 e. The maximum absolute atomic E-state index is 13.9. The summed E-state index contributed by atoms with van der Waals surface area (Å²) in [5.41, 5.74) is 4.66. The van der Waals surface area contributed by atoms with Crippen molar-refractivity contribution in [3.8, 4) is 5.75 Å². The Kier molecular flexibility index (Phi) is 8.93. The van der Waals surface area contributed by atoms with Gasteiger partial charge in [0.05, 0.1) is 29.1 Å². The van der Waals surface area contributed by atoms with Gasteiger partial charge in [-0.15, -0.1) is 0 Å². The second kappa shape index (κ2) is 12.8. The third kappa shape index (κ3) is 6.15. The average Bonchev–Trinajstić information content (AvgIpc) is 3.50. The number of benzene rings is 2. The number of aromatic nitrogens is 3. The van der Waals surface area contributed by atoms with E-state index in [2.05, 4.69) is 27.0 Å². The number of rotatable bonds is 8. The predicted octanol–water partition coefficient (Wildman–Crippen LogP) is 5.48. The van der Waals surface area contributed by atoms with Gasteiger partial charge in [0.25, 0.3) is 5.91 Å². The molecule has 2 saturated heterocycles. The van der Waals surface area contributed by atoms with Gasteiger partial charge in [-0.2, -0.15) is 4.31 Å². The second-order valence-electron chi connectivity index (χ2n) is 13.0. The summed E-state index contributed by atoms with van der Waals surface area (Å²) in [6, 6.07) is 12.6. The fourth-order valence-corrected chi connectivity index (χ4v) is 8.90. The third-order valence-electron chi connectivity index (χ3n) is 10.2. The number of nitrogens with zero attached hydrogens (tertiary/aromatic N) is 5. The minimum absolute atomic E-state index is 0.0215. The van der Waals surface area contributed by atoms with E-state index >= 15 is 0 Å². The van der Waals surface area contributed by atoms with Crippen LogP contribution in [-0.4, -0.2) is 83.7 Å². The monoisotopic (exact) mass is 644 g/mol. The molecule has 0 saturated carbocycles. The molecule has 1 atom stereocenters. The highest BCUT2D eigenvalue weighted by Crippen LogP contribution is 2.42. The molecular weight excluding hydrogens is 600 g/mol. The lowest BCUT2D eigenvalue weighted by Gasteiger charge is -2.47. The number of para-hydroxylation sites is 1. The van der Waals surface area contributed by atoms with Crippen LogP contribution < -0.4 is 4.74 Å². The molecule has 1 unspecified atom stereocenters. The maximum Gasteiger partial charge on any atom is 0.256 e. The highest BCUT2D eigenvalue weighted by molar-refractivity contribution is 7.89. The quantitative estimate of drug-likeness (QED) is 0.270. The SMILES string of the molecule is COc1cc(C)c(S(=O)(=O)N(C)C(C)c2nc3c(C(=O)N4CCC5(CCN(Cc6ccncc6)CC5)CC4)cccc3[nH]2)c(C)c1. The summed E-state index contributed by atoms with van der Waals surface area (Å²) >= 11 is 0. The van der Waals surface area contributed by atoms with Crippen LogP contribution in [0.3, 0.4) is 0 Å². The van der Waals surface area contributed by atoms with Gasteiger partial charge in [-0.3, -0.25) is 14.7 Å². The van der Waals surface area contributed by atoms with E-state index in [1.54, 1.807) is 47.1 Å². The van der Waals surface area contributed by atoms with E-state index < -0.39 is 16.1 Å². The Hall–Kier alpha value is -3.80. The summed E-state index contributed by atoms with van der Waals surface area (Å²) in [6.45, 7) is 9.92.